The number of benzene rings is 3. The number of hydrogen-bond donors (Lipinski definition) is 1. The van der Waals surface area contributed by atoms with Crippen LogP contribution in [0, 0.1) is 0 Å². The van der Waals surface area contributed by atoms with E-state index in [1.807, 2.05) is 30.3 Å². The van der Waals surface area contributed by atoms with E-state index in [0.717, 1.165) is 17.9 Å². The third kappa shape index (κ3) is 1.94. The zero-order chi connectivity index (χ0) is 14.2. The van der Waals surface area contributed by atoms with Gasteiger partial charge in [0.2, 0.25) is 5.96 Å². The maximum absolute atomic E-state index is 6.19. The fourth-order valence-corrected chi connectivity index (χ4v) is 2.86. The Hall–Kier alpha value is -2.81. The SMILES string of the molecule is NC1=Nc2cccc3cccc(c23)N1Cc1ccccc1. The van der Waals surface area contributed by atoms with E-state index in [2.05, 4.69) is 46.3 Å². The van der Waals surface area contributed by atoms with Gasteiger partial charge in [0.25, 0.3) is 0 Å². The molecule has 0 aliphatic carbocycles. The summed E-state index contributed by atoms with van der Waals surface area (Å²) in [5, 5.41) is 2.37. The van der Waals surface area contributed by atoms with Gasteiger partial charge in [-0.15, -0.1) is 0 Å². The van der Waals surface area contributed by atoms with Crippen LogP contribution in [0.1, 0.15) is 5.56 Å². The van der Waals surface area contributed by atoms with Crippen LogP contribution >= 0.6 is 0 Å². The van der Waals surface area contributed by atoms with Gasteiger partial charge in [-0.1, -0.05) is 54.6 Å². The number of guanidine groups is 1. The number of rotatable bonds is 2. The van der Waals surface area contributed by atoms with Gasteiger partial charge in [-0.05, 0) is 23.1 Å². The number of hydrogen-bond acceptors (Lipinski definition) is 3. The molecule has 3 nitrogen and oxygen atoms in total. The first kappa shape index (κ1) is 12.0. The minimum absolute atomic E-state index is 0.546. The summed E-state index contributed by atoms with van der Waals surface area (Å²) in [6, 6.07) is 22.7. The Morgan fingerprint density at radius 1 is 0.857 bits per heavy atom. The topological polar surface area (TPSA) is 41.6 Å². The standard InChI is InChI=1S/C18H15N3/c19-18-20-15-10-4-8-14-9-5-11-16(17(14)15)21(18)12-13-6-2-1-3-7-13/h1-11H,12H2,(H2,19,20). The lowest BCUT2D eigenvalue weighted by molar-refractivity contribution is 0.992. The Labute approximate surface area is 123 Å². The van der Waals surface area contributed by atoms with Crippen molar-refractivity contribution in [2.75, 3.05) is 4.90 Å². The molecule has 0 saturated heterocycles. The van der Waals surface area contributed by atoms with Crippen LogP contribution in [0.5, 0.6) is 0 Å². The lowest BCUT2D eigenvalue weighted by Gasteiger charge is -2.29. The first-order valence-electron chi connectivity index (χ1n) is 7.00. The molecule has 21 heavy (non-hydrogen) atoms. The second kappa shape index (κ2) is 4.63. The van der Waals surface area contributed by atoms with Gasteiger partial charge in [0.15, 0.2) is 0 Å². The molecule has 0 aromatic heterocycles. The summed E-state index contributed by atoms with van der Waals surface area (Å²) >= 11 is 0. The molecule has 2 N–H and O–H groups in total. The minimum Gasteiger partial charge on any atom is -0.369 e. The molecule has 4 rings (SSSR count). The van der Waals surface area contributed by atoms with Crippen LogP contribution in [0.25, 0.3) is 10.8 Å². The maximum Gasteiger partial charge on any atom is 0.201 e. The van der Waals surface area contributed by atoms with E-state index in [0.29, 0.717) is 5.96 Å². The van der Waals surface area contributed by atoms with E-state index < -0.39 is 0 Å². The van der Waals surface area contributed by atoms with Crippen molar-refractivity contribution in [3.8, 4) is 0 Å². The molecule has 0 saturated carbocycles. The van der Waals surface area contributed by atoms with Crippen LogP contribution in [0.3, 0.4) is 0 Å². The molecule has 0 spiro atoms. The third-order valence-electron chi connectivity index (χ3n) is 3.85. The number of anilines is 1. The fraction of sp³-hybridized carbons (Fsp3) is 0.0556. The van der Waals surface area contributed by atoms with Gasteiger partial charge in [0.1, 0.15) is 0 Å². The molecule has 0 unspecified atom stereocenters. The van der Waals surface area contributed by atoms with E-state index in [1.54, 1.807) is 0 Å². The molecular weight excluding hydrogens is 258 g/mol. The first-order chi connectivity index (χ1) is 10.3. The lowest BCUT2D eigenvalue weighted by atomic mass is 10.0. The zero-order valence-corrected chi connectivity index (χ0v) is 11.5. The van der Waals surface area contributed by atoms with Crippen molar-refractivity contribution in [2.24, 2.45) is 10.7 Å². The van der Waals surface area contributed by atoms with Crippen molar-refractivity contribution in [3.63, 3.8) is 0 Å². The second-order valence-electron chi connectivity index (χ2n) is 5.19. The lowest BCUT2D eigenvalue weighted by Crippen LogP contribution is -2.38. The van der Waals surface area contributed by atoms with Crippen molar-refractivity contribution in [3.05, 3.63) is 72.3 Å². The zero-order valence-electron chi connectivity index (χ0n) is 11.5. The Balaban J connectivity index is 1.87. The van der Waals surface area contributed by atoms with E-state index in [9.17, 15) is 0 Å². The summed E-state index contributed by atoms with van der Waals surface area (Å²) in [6.07, 6.45) is 0. The summed E-state index contributed by atoms with van der Waals surface area (Å²) in [6.45, 7) is 0.726. The molecule has 1 heterocycles. The smallest absolute Gasteiger partial charge is 0.201 e. The van der Waals surface area contributed by atoms with Gasteiger partial charge < -0.3 is 10.6 Å². The molecule has 0 atom stereocenters. The van der Waals surface area contributed by atoms with E-state index in [4.69, 9.17) is 5.73 Å². The van der Waals surface area contributed by atoms with Crippen LogP contribution in [-0.2, 0) is 6.54 Å². The molecule has 0 radical (unpaired) electrons. The largest absolute Gasteiger partial charge is 0.369 e. The van der Waals surface area contributed by atoms with Crippen molar-refractivity contribution < 1.29 is 0 Å². The molecule has 3 aromatic rings. The molecule has 1 aliphatic rings. The number of nitrogens with zero attached hydrogens (tertiary/aromatic N) is 2. The molecule has 0 fully saturated rings. The van der Waals surface area contributed by atoms with E-state index >= 15 is 0 Å². The molecule has 1 aliphatic heterocycles. The third-order valence-corrected chi connectivity index (χ3v) is 3.85. The van der Waals surface area contributed by atoms with E-state index in [-0.39, 0.29) is 0 Å². The summed E-state index contributed by atoms with van der Waals surface area (Å²) in [4.78, 5) is 6.64. The Morgan fingerprint density at radius 3 is 2.43 bits per heavy atom. The Bertz CT molecular complexity index is 832. The second-order valence-corrected chi connectivity index (χ2v) is 5.19. The molecule has 3 heteroatoms. The van der Waals surface area contributed by atoms with E-state index in [1.165, 1.54) is 16.3 Å². The van der Waals surface area contributed by atoms with Gasteiger partial charge in [-0.25, -0.2) is 4.99 Å². The summed E-state index contributed by atoms with van der Waals surface area (Å²) < 4.78 is 0. The van der Waals surface area contributed by atoms with Crippen molar-refractivity contribution in [1.82, 2.24) is 0 Å². The Morgan fingerprint density at radius 2 is 1.62 bits per heavy atom. The normalized spacial score (nSPS) is 13.3. The minimum atomic E-state index is 0.546. The van der Waals surface area contributed by atoms with Crippen LogP contribution < -0.4 is 10.6 Å². The van der Waals surface area contributed by atoms with Gasteiger partial charge in [-0.2, -0.15) is 0 Å². The summed E-state index contributed by atoms with van der Waals surface area (Å²) in [5.41, 5.74) is 9.48. The van der Waals surface area contributed by atoms with Gasteiger partial charge in [-0.3, -0.25) is 0 Å². The van der Waals surface area contributed by atoms with Crippen molar-refractivity contribution >= 4 is 28.1 Å². The van der Waals surface area contributed by atoms with Gasteiger partial charge in [0.05, 0.1) is 17.9 Å². The monoisotopic (exact) mass is 273 g/mol. The average molecular weight is 273 g/mol. The van der Waals surface area contributed by atoms with Crippen LogP contribution in [0.4, 0.5) is 11.4 Å². The maximum atomic E-state index is 6.19. The van der Waals surface area contributed by atoms with Gasteiger partial charge in [0, 0.05) is 5.39 Å². The number of nitrogens with two attached hydrogens (primary N) is 1. The predicted molar refractivity (Wildman–Crippen MR) is 87.9 cm³/mol. The molecule has 0 amide bonds. The summed E-state index contributed by atoms with van der Waals surface area (Å²) in [7, 11) is 0. The molecule has 0 bridgehead atoms. The molecule has 102 valence electrons. The van der Waals surface area contributed by atoms with Crippen molar-refractivity contribution in [2.45, 2.75) is 6.54 Å². The quantitative estimate of drug-likeness (QED) is 0.771. The molecule has 3 aromatic carbocycles. The number of aliphatic imine (C=N–C) groups is 1. The van der Waals surface area contributed by atoms with Gasteiger partial charge >= 0.3 is 0 Å². The van der Waals surface area contributed by atoms with Crippen LogP contribution in [-0.4, -0.2) is 5.96 Å². The average Bonchev–Trinajstić information content (AvgIpc) is 2.52. The highest BCUT2D eigenvalue weighted by atomic mass is 15.3. The highest BCUT2D eigenvalue weighted by molar-refractivity contribution is 6.13. The summed E-state index contributed by atoms with van der Waals surface area (Å²) in [5.74, 6) is 0.546. The highest BCUT2D eigenvalue weighted by Crippen LogP contribution is 2.38. The highest BCUT2D eigenvalue weighted by Gasteiger charge is 2.20. The van der Waals surface area contributed by atoms with Crippen molar-refractivity contribution in [1.29, 1.82) is 0 Å². The first-order valence-corrected chi connectivity index (χ1v) is 7.00. The fourth-order valence-electron chi connectivity index (χ4n) is 2.86. The predicted octanol–water partition coefficient (Wildman–Crippen LogP) is 3.81. The van der Waals surface area contributed by atoms with Crippen LogP contribution in [0.15, 0.2) is 71.7 Å². The molecular formula is C18H15N3. The van der Waals surface area contributed by atoms with Crippen LogP contribution in [0.2, 0.25) is 0 Å². The Kier molecular flexibility index (Phi) is 2.64.